The highest BCUT2D eigenvalue weighted by Crippen LogP contribution is 2.29. The highest BCUT2D eigenvalue weighted by atomic mass is 32.2. The van der Waals surface area contributed by atoms with E-state index in [2.05, 4.69) is 5.32 Å². The van der Waals surface area contributed by atoms with Crippen LogP contribution in [0.25, 0.3) is 0 Å². The number of carbonyl (C=O) groups is 2. The van der Waals surface area contributed by atoms with Gasteiger partial charge in [0.15, 0.2) is 0 Å². The van der Waals surface area contributed by atoms with Crippen molar-refractivity contribution in [3.63, 3.8) is 0 Å². The number of hydrogen-bond donors (Lipinski definition) is 1. The lowest BCUT2D eigenvalue weighted by Crippen LogP contribution is -2.54. The smallest absolute Gasteiger partial charge is 0.264 e. The first-order valence-corrected chi connectivity index (χ1v) is 14.5. The number of sulfonamides is 1. The van der Waals surface area contributed by atoms with E-state index in [1.54, 1.807) is 43.3 Å². The van der Waals surface area contributed by atoms with E-state index in [-0.39, 0.29) is 17.3 Å². The Morgan fingerprint density at radius 1 is 0.872 bits per heavy atom. The van der Waals surface area contributed by atoms with Gasteiger partial charge < -0.3 is 10.2 Å². The van der Waals surface area contributed by atoms with Crippen LogP contribution in [-0.4, -0.2) is 43.3 Å². The van der Waals surface area contributed by atoms with Crippen LogP contribution in [0.2, 0.25) is 0 Å². The number of amides is 2. The van der Waals surface area contributed by atoms with E-state index in [9.17, 15) is 18.0 Å². The normalized spacial score (nSPS) is 12.5. The lowest BCUT2D eigenvalue weighted by molar-refractivity contribution is -0.140. The van der Waals surface area contributed by atoms with Crippen LogP contribution in [0.3, 0.4) is 0 Å². The van der Waals surface area contributed by atoms with E-state index in [0.29, 0.717) is 5.69 Å². The Balaban J connectivity index is 2.07. The fourth-order valence-electron chi connectivity index (χ4n) is 4.19. The third-order valence-electron chi connectivity index (χ3n) is 6.59. The van der Waals surface area contributed by atoms with Gasteiger partial charge in [-0.05, 0) is 83.4 Å². The van der Waals surface area contributed by atoms with E-state index < -0.39 is 34.1 Å². The Kier molecular flexibility index (Phi) is 9.22. The van der Waals surface area contributed by atoms with Crippen LogP contribution in [0.4, 0.5) is 5.69 Å². The number of nitrogens with zero attached hydrogens (tertiary/aromatic N) is 2. The van der Waals surface area contributed by atoms with Crippen molar-refractivity contribution in [3.05, 3.63) is 95.1 Å². The van der Waals surface area contributed by atoms with Crippen LogP contribution in [0, 0.1) is 20.8 Å². The monoisotopic (exact) mass is 549 g/mol. The third-order valence-corrected chi connectivity index (χ3v) is 8.37. The Bertz CT molecular complexity index is 1410. The minimum Gasteiger partial charge on any atom is -0.350 e. The number of benzene rings is 3. The van der Waals surface area contributed by atoms with Crippen molar-refractivity contribution in [2.45, 2.75) is 71.5 Å². The SMILES string of the molecule is Cc1ccc(S(=O)(=O)N(CC(=O)N(Cc2ccccc2)[C@@H](C)C(=O)NC(C)(C)C)c2cccc(C)c2C)cc1. The third kappa shape index (κ3) is 7.47. The summed E-state index contributed by atoms with van der Waals surface area (Å²) in [5.41, 5.74) is 3.36. The summed E-state index contributed by atoms with van der Waals surface area (Å²) in [5.74, 6) is -0.793. The molecule has 2 amide bonds. The van der Waals surface area contributed by atoms with Gasteiger partial charge in [-0.15, -0.1) is 0 Å². The van der Waals surface area contributed by atoms with Crippen molar-refractivity contribution in [1.82, 2.24) is 10.2 Å². The van der Waals surface area contributed by atoms with Gasteiger partial charge in [-0.3, -0.25) is 13.9 Å². The molecule has 0 unspecified atom stereocenters. The molecule has 0 aliphatic rings. The van der Waals surface area contributed by atoms with Crippen LogP contribution in [-0.2, 0) is 26.2 Å². The van der Waals surface area contributed by atoms with Crippen molar-refractivity contribution in [2.24, 2.45) is 0 Å². The molecule has 0 radical (unpaired) electrons. The van der Waals surface area contributed by atoms with Gasteiger partial charge in [0.1, 0.15) is 12.6 Å². The van der Waals surface area contributed by atoms with Crippen molar-refractivity contribution >= 4 is 27.5 Å². The molecule has 0 saturated heterocycles. The molecule has 0 bridgehead atoms. The zero-order valence-corrected chi connectivity index (χ0v) is 24.7. The number of aryl methyl sites for hydroxylation is 2. The Morgan fingerprint density at radius 3 is 2.08 bits per heavy atom. The zero-order valence-electron chi connectivity index (χ0n) is 23.9. The molecule has 3 aromatic carbocycles. The molecule has 1 N–H and O–H groups in total. The van der Waals surface area contributed by atoms with Gasteiger partial charge in [0.2, 0.25) is 11.8 Å². The molecule has 1 atom stereocenters. The first-order valence-electron chi connectivity index (χ1n) is 13.0. The highest BCUT2D eigenvalue weighted by molar-refractivity contribution is 7.92. The van der Waals surface area contributed by atoms with Gasteiger partial charge in [-0.25, -0.2) is 8.42 Å². The fourth-order valence-corrected chi connectivity index (χ4v) is 5.67. The van der Waals surface area contributed by atoms with E-state index >= 15 is 0 Å². The molecule has 0 saturated carbocycles. The number of nitrogens with one attached hydrogen (secondary N) is 1. The van der Waals surface area contributed by atoms with Crippen molar-refractivity contribution in [2.75, 3.05) is 10.8 Å². The number of carbonyl (C=O) groups excluding carboxylic acids is 2. The maximum absolute atomic E-state index is 14.0. The molecule has 39 heavy (non-hydrogen) atoms. The molecule has 208 valence electrons. The first kappa shape index (κ1) is 29.9. The van der Waals surface area contributed by atoms with Crippen LogP contribution < -0.4 is 9.62 Å². The maximum Gasteiger partial charge on any atom is 0.264 e. The Hall–Kier alpha value is -3.65. The van der Waals surface area contributed by atoms with E-state index in [4.69, 9.17) is 0 Å². The van der Waals surface area contributed by atoms with Crippen molar-refractivity contribution in [3.8, 4) is 0 Å². The molecule has 8 heteroatoms. The van der Waals surface area contributed by atoms with Crippen LogP contribution in [0.1, 0.15) is 49.9 Å². The number of rotatable bonds is 9. The standard InChI is InChI=1S/C31H39N3O4S/c1-22-16-18-27(19-17-22)39(37,38)34(28-15-11-12-23(2)24(28)3)21-29(35)33(20-26-13-9-8-10-14-26)25(4)30(36)32-31(5,6)7/h8-19,25H,20-21H2,1-7H3,(H,32,36)/t25-/m0/s1. The average molecular weight is 550 g/mol. The minimum atomic E-state index is -4.10. The van der Waals surface area contributed by atoms with Gasteiger partial charge in [-0.2, -0.15) is 0 Å². The van der Waals surface area contributed by atoms with Crippen LogP contribution >= 0.6 is 0 Å². The summed E-state index contributed by atoms with van der Waals surface area (Å²) in [6.45, 7) is 12.6. The molecule has 0 heterocycles. The molecule has 0 aromatic heterocycles. The molecular weight excluding hydrogens is 510 g/mol. The quantitative estimate of drug-likeness (QED) is 0.401. The van der Waals surface area contributed by atoms with Crippen molar-refractivity contribution in [1.29, 1.82) is 0 Å². The first-order chi connectivity index (χ1) is 18.2. The van der Waals surface area contributed by atoms with Gasteiger partial charge in [0.05, 0.1) is 10.6 Å². The summed E-state index contributed by atoms with van der Waals surface area (Å²) in [6, 6.07) is 20.5. The molecular formula is C31H39N3O4S. The predicted molar refractivity (Wildman–Crippen MR) is 156 cm³/mol. The van der Waals surface area contributed by atoms with Crippen LogP contribution in [0.15, 0.2) is 77.7 Å². The summed E-state index contributed by atoms with van der Waals surface area (Å²) < 4.78 is 29.1. The Labute approximate surface area is 232 Å². The Morgan fingerprint density at radius 2 is 1.49 bits per heavy atom. The number of anilines is 1. The molecule has 0 spiro atoms. The summed E-state index contributed by atoms with van der Waals surface area (Å²) in [6.07, 6.45) is 0. The maximum atomic E-state index is 14.0. The topological polar surface area (TPSA) is 86.8 Å². The zero-order chi connectivity index (χ0) is 29.0. The second-order valence-corrected chi connectivity index (χ2v) is 12.8. The molecule has 3 rings (SSSR count). The van der Waals surface area contributed by atoms with Gasteiger partial charge >= 0.3 is 0 Å². The lowest BCUT2D eigenvalue weighted by atomic mass is 10.1. The van der Waals surface area contributed by atoms with Gasteiger partial charge in [0, 0.05) is 12.1 Å². The highest BCUT2D eigenvalue weighted by Gasteiger charge is 2.34. The average Bonchev–Trinajstić information content (AvgIpc) is 2.87. The summed E-state index contributed by atoms with van der Waals surface area (Å²) in [5, 5.41) is 2.94. The van der Waals surface area contributed by atoms with E-state index in [0.717, 1.165) is 26.6 Å². The van der Waals surface area contributed by atoms with Gasteiger partial charge in [-0.1, -0.05) is 60.2 Å². The lowest BCUT2D eigenvalue weighted by Gasteiger charge is -2.34. The summed E-state index contributed by atoms with van der Waals surface area (Å²) >= 11 is 0. The van der Waals surface area contributed by atoms with E-state index in [1.165, 1.54) is 4.90 Å². The molecule has 3 aromatic rings. The van der Waals surface area contributed by atoms with Crippen LogP contribution in [0.5, 0.6) is 0 Å². The molecule has 0 fully saturated rings. The number of hydrogen-bond acceptors (Lipinski definition) is 4. The summed E-state index contributed by atoms with van der Waals surface area (Å²) in [4.78, 5) is 28.7. The van der Waals surface area contributed by atoms with E-state index in [1.807, 2.05) is 77.9 Å². The second kappa shape index (κ2) is 12.0. The largest absolute Gasteiger partial charge is 0.350 e. The van der Waals surface area contributed by atoms with Gasteiger partial charge in [0.25, 0.3) is 10.0 Å². The minimum absolute atomic E-state index is 0.0925. The van der Waals surface area contributed by atoms with Crippen molar-refractivity contribution < 1.29 is 18.0 Å². The molecule has 0 aliphatic carbocycles. The summed E-state index contributed by atoms with van der Waals surface area (Å²) in [7, 11) is -4.10. The fraction of sp³-hybridized carbons (Fsp3) is 0.355. The predicted octanol–water partition coefficient (Wildman–Crippen LogP) is 5.14. The molecule has 0 aliphatic heterocycles. The molecule has 7 nitrogen and oxygen atoms in total. The second-order valence-electron chi connectivity index (χ2n) is 11.0.